The molecule has 3 fully saturated rings. The zero-order chi connectivity index (χ0) is 47.1. The van der Waals surface area contributed by atoms with Crippen LogP contribution in [0.1, 0.15) is 141 Å². The quantitative estimate of drug-likeness (QED) is 0.0533. The standard InChI is InChI=1S/C53H65N9O6/c1-35-48(36(2)68-58-35)38-20-26-45-56-49(50(61(45)34-38)55-39-15-11-10-12-16-39)37-18-22-41(23-19-37)59-29-31-60(32-30-59)47(64)17-13-8-6-4-3-5-7-9-14-28-54-40-21-24-42-43(33-40)53(67)62(52(42)66)44-25-27-46(63)57-51(44)65/h18-24,26,33-34,39,44,54-55H,3-17,25,27-32H2,1-2H3,(H,57,63,65). The number of nitrogens with one attached hydrogen (secondary N) is 3. The number of carbonyl (C=O) groups excluding carboxylic acids is 5. The van der Waals surface area contributed by atoms with E-state index in [2.05, 4.69) is 73.0 Å². The number of anilines is 3. The zero-order valence-corrected chi connectivity index (χ0v) is 39.6. The van der Waals surface area contributed by atoms with Crippen LogP contribution in [0, 0.1) is 13.8 Å². The molecule has 2 aromatic carbocycles. The molecule has 1 unspecified atom stereocenters. The second-order valence-corrected chi connectivity index (χ2v) is 19.1. The highest BCUT2D eigenvalue weighted by atomic mass is 16.5. The molecule has 0 bridgehead atoms. The predicted octanol–water partition coefficient (Wildman–Crippen LogP) is 9.08. The largest absolute Gasteiger partial charge is 0.385 e. The first-order valence-electron chi connectivity index (χ1n) is 25.1. The van der Waals surface area contributed by atoms with Gasteiger partial charge in [-0.05, 0) is 88.4 Å². The Kier molecular flexibility index (Phi) is 14.5. The number of rotatable bonds is 19. The third kappa shape index (κ3) is 10.3. The van der Waals surface area contributed by atoms with E-state index < -0.39 is 23.8 Å². The number of imide groups is 2. The molecule has 6 heterocycles. The average molecular weight is 924 g/mol. The molecular formula is C53H65N9O6. The fourth-order valence-electron chi connectivity index (χ4n) is 10.5. The lowest BCUT2D eigenvalue weighted by Crippen LogP contribution is -2.54. The van der Waals surface area contributed by atoms with Crippen molar-refractivity contribution in [1.82, 2.24) is 29.7 Å². The molecule has 3 aliphatic heterocycles. The average Bonchev–Trinajstić information content (AvgIpc) is 3.97. The normalized spacial score (nSPS) is 17.9. The van der Waals surface area contributed by atoms with Crippen molar-refractivity contribution < 1.29 is 28.5 Å². The van der Waals surface area contributed by atoms with E-state index in [-0.39, 0.29) is 35.8 Å². The van der Waals surface area contributed by atoms with Gasteiger partial charge in [-0.3, -0.25) is 38.6 Å². The summed E-state index contributed by atoms with van der Waals surface area (Å²) in [6.07, 6.45) is 19.1. The van der Waals surface area contributed by atoms with E-state index in [0.717, 1.165) is 140 Å². The van der Waals surface area contributed by atoms with Gasteiger partial charge < -0.3 is 25.0 Å². The maximum absolute atomic E-state index is 13.2. The maximum Gasteiger partial charge on any atom is 0.262 e. The van der Waals surface area contributed by atoms with Crippen LogP contribution in [0.4, 0.5) is 17.2 Å². The number of hydrogen-bond acceptors (Lipinski definition) is 11. The summed E-state index contributed by atoms with van der Waals surface area (Å²) in [4.78, 5) is 73.7. The Balaban J connectivity index is 0.657. The summed E-state index contributed by atoms with van der Waals surface area (Å²) in [5, 5.41) is 13.7. The minimum atomic E-state index is -0.964. The third-order valence-corrected chi connectivity index (χ3v) is 14.4. The van der Waals surface area contributed by atoms with E-state index in [1.165, 1.54) is 44.2 Å². The number of benzene rings is 2. The molecule has 15 heteroatoms. The fraction of sp³-hybridized carbons (Fsp3) is 0.491. The van der Waals surface area contributed by atoms with E-state index in [1.54, 1.807) is 18.2 Å². The predicted molar refractivity (Wildman–Crippen MR) is 263 cm³/mol. The highest BCUT2D eigenvalue weighted by Crippen LogP contribution is 2.36. The van der Waals surface area contributed by atoms with E-state index in [0.29, 0.717) is 12.5 Å². The van der Waals surface area contributed by atoms with Crippen LogP contribution in [-0.2, 0) is 14.4 Å². The Morgan fingerprint density at radius 2 is 1.46 bits per heavy atom. The first-order valence-corrected chi connectivity index (χ1v) is 25.1. The monoisotopic (exact) mass is 924 g/mol. The lowest BCUT2D eigenvalue weighted by Gasteiger charge is -2.36. The van der Waals surface area contributed by atoms with Gasteiger partial charge >= 0.3 is 0 Å². The first kappa shape index (κ1) is 46.6. The van der Waals surface area contributed by atoms with Crippen molar-refractivity contribution in [1.29, 1.82) is 0 Å². The summed E-state index contributed by atoms with van der Waals surface area (Å²) < 4.78 is 7.70. The van der Waals surface area contributed by atoms with Crippen LogP contribution in [0.25, 0.3) is 28.0 Å². The minimum absolute atomic E-state index is 0.0964. The topological polar surface area (TPSA) is 174 Å². The number of hydrogen-bond donors (Lipinski definition) is 3. The number of carbonyl (C=O) groups is 5. The van der Waals surface area contributed by atoms with Gasteiger partial charge in [0.15, 0.2) is 0 Å². The minimum Gasteiger partial charge on any atom is -0.385 e. The van der Waals surface area contributed by atoms with Crippen molar-refractivity contribution >= 4 is 52.4 Å². The number of amides is 5. The summed E-state index contributed by atoms with van der Waals surface area (Å²) in [5.74, 6) is 0.119. The third-order valence-electron chi connectivity index (χ3n) is 14.4. The number of piperazine rings is 1. The lowest BCUT2D eigenvalue weighted by atomic mass is 9.95. The maximum atomic E-state index is 13.2. The molecule has 68 heavy (non-hydrogen) atoms. The zero-order valence-electron chi connectivity index (χ0n) is 39.6. The highest BCUT2D eigenvalue weighted by molar-refractivity contribution is 6.23. The van der Waals surface area contributed by atoms with Gasteiger partial charge in [0.05, 0.1) is 16.8 Å². The van der Waals surface area contributed by atoms with Gasteiger partial charge in [0.1, 0.15) is 29.0 Å². The van der Waals surface area contributed by atoms with Crippen molar-refractivity contribution in [3.8, 4) is 22.4 Å². The van der Waals surface area contributed by atoms with Crippen LogP contribution >= 0.6 is 0 Å². The summed E-state index contributed by atoms with van der Waals surface area (Å²) in [6.45, 7) is 7.81. The Bertz CT molecular complexity index is 2620. The molecule has 0 radical (unpaired) electrons. The Morgan fingerprint density at radius 1 is 0.765 bits per heavy atom. The molecule has 1 saturated carbocycles. The number of imidazole rings is 1. The second-order valence-electron chi connectivity index (χ2n) is 19.1. The van der Waals surface area contributed by atoms with Gasteiger partial charge in [0.2, 0.25) is 17.7 Å². The molecule has 5 amide bonds. The Labute approximate surface area is 398 Å². The van der Waals surface area contributed by atoms with E-state index in [1.807, 2.05) is 18.7 Å². The fourth-order valence-corrected chi connectivity index (χ4v) is 10.5. The SMILES string of the molecule is Cc1noc(C)c1-c1ccc2nc(-c3ccc(N4CCN(C(=O)CCCCCCCCCCCNc5ccc6c(c5)C(=O)N(C5CCC(=O)NC5=O)C6=O)CC4)cc3)c(NC3CCCCC3)n2c1. The van der Waals surface area contributed by atoms with Crippen molar-refractivity contribution in [3.63, 3.8) is 0 Å². The van der Waals surface area contributed by atoms with Crippen LogP contribution in [0.2, 0.25) is 0 Å². The Hall–Kier alpha value is -6.51. The van der Waals surface area contributed by atoms with Gasteiger partial charge in [-0.15, -0.1) is 0 Å². The van der Waals surface area contributed by atoms with Crippen LogP contribution in [0.15, 0.2) is 65.3 Å². The van der Waals surface area contributed by atoms with Crippen molar-refractivity contribution in [3.05, 3.63) is 83.4 Å². The molecule has 0 spiro atoms. The molecule has 5 aromatic rings. The highest BCUT2D eigenvalue weighted by Gasteiger charge is 2.44. The summed E-state index contributed by atoms with van der Waals surface area (Å²) in [6, 6.07) is 17.5. The molecule has 358 valence electrons. The van der Waals surface area contributed by atoms with Crippen molar-refractivity contribution in [2.75, 3.05) is 48.3 Å². The molecule has 9 rings (SSSR count). The number of nitrogens with zero attached hydrogens (tertiary/aromatic N) is 6. The summed E-state index contributed by atoms with van der Waals surface area (Å²) in [7, 11) is 0. The number of aromatic nitrogens is 3. The first-order chi connectivity index (χ1) is 33.1. The molecule has 15 nitrogen and oxygen atoms in total. The Morgan fingerprint density at radius 3 is 2.16 bits per heavy atom. The molecule has 1 atom stereocenters. The number of pyridine rings is 1. The van der Waals surface area contributed by atoms with Crippen molar-refractivity contribution in [2.45, 2.75) is 135 Å². The van der Waals surface area contributed by atoms with Gasteiger partial charge in [-0.2, -0.15) is 0 Å². The molecule has 3 aromatic heterocycles. The van der Waals surface area contributed by atoms with Gasteiger partial charge in [0.25, 0.3) is 11.8 Å². The molecule has 2 saturated heterocycles. The number of unbranched alkanes of at least 4 members (excludes halogenated alkanes) is 8. The van der Waals surface area contributed by atoms with Crippen LogP contribution in [0.3, 0.4) is 0 Å². The van der Waals surface area contributed by atoms with E-state index in [9.17, 15) is 24.0 Å². The van der Waals surface area contributed by atoms with Crippen molar-refractivity contribution in [2.24, 2.45) is 0 Å². The van der Waals surface area contributed by atoms with Crippen LogP contribution in [0.5, 0.6) is 0 Å². The van der Waals surface area contributed by atoms with E-state index >= 15 is 0 Å². The molecule has 4 aliphatic rings. The second kappa shape index (κ2) is 21.2. The number of fused-ring (bicyclic) bond motifs is 2. The number of piperidine rings is 1. The van der Waals surface area contributed by atoms with Crippen LogP contribution < -0.4 is 20.9 Å². The van der Waals surface area contributed by atoms with Gasteiger partial charge in [-0.1, -0.05) is 81.5 Å². The molecule has 3 N–H and O–H groups in total. The summed E-state index contributed by atoms with van der Waals surface area (Å²) in [5.41, 5.74) is 8.39. The van der Waals surface area contributed by atoms with Crippen LogP contribution in [-0.4, -0.2) is 98.7 Å². The molecule has 1 aliphatic carbocycles. The smallest absolute Gasteiger partial charge is 0.262 e. The number of aryl methyl sites for hydroxylation is 2. The van der Waals surface area contributed by atoms with Gasteiger partial charge in [0, 0.05) is 85.9 Å². The van der Waals surface area contributed by atoms with Gasteiger partial charge in [-0.25, -0.2) is 4.98 Å². The molecular weight excluding hydrogens is 859 g/mol. The lowest BCUT2D eigenvalue weighted by molar-refractivity contribution is -0.136. The van der Waals surface area contributed by atoms with E-state index in [4.69, 9.17) is 9.51 Å². The summed E-state index contributed by atoms with van der Waals surface area (Å²) >= 11 is 0.